The van der Waals surface area contributed by atoms with Crippen LogP contribution in [0.4, 0.5) is 8.78 Å². The highest BCUT2D eigenvalue weighted by atomic mass is 32.2. The number of rotatable bonds is 6. The van der Waals surface area contributed by atoms with E-state index in [1.54, 1.807) is 20.8 Å². The first-order chi connectivity index (χ1) is 17.5. The molecule has 12 heteroatoms. The second-order valence-corrected chi connectivity index (χ2v) is 14.0. The summed E-state index contributed by atoms with van der Waals surface area (Å²) in [5.41, 5.74) is -7.06. The molecule has 0 aromatic carbocycles. The van der Waals surface area contributed by atoms with Crippen molar-refractivity contribution < 1.29 is 45.6 Å². The summed E-state index contributed by atoms with van der Waals surface area (Å²) in [6.07, 6.45) is 0.725. The lowest BCUT2D eigenvalue weighted by Gasteiger charge is -2.63. The number of allylic oxidation sites excluding steroid dienone is 4. The van der Waals surface area contributed by atoms with Gasteiger partial charge in [-0.05, 0) is 49.8 Å². The fraction of sp³-hybridized carbons (Fsp3) is 0.731. The van der Waals surface area contributed by atoms with Gasteiger partial charge in [0.05, 0.1) is 12.4 Å². The quantitative estimate of drug-likeness (QED) is 0.288. The largest absolute Gasteiger partial charge is 0.449 e. The van der Waals surface area contributed by atoms with E-state index < -0.39 is 85.1 Å². The molecule has 0 unspecified atom stereocenters. The molecule has 0 heterocycles. The molecule has 4 aliphatic rings. The first-order valence-corrected chi connectivity index (χ1v) is 15.5. The molecule has 1 N–H and O–H groups in total. The Bertz CT molecular complexity index is 1220. The molecule has 0 saturated heterocycles. The standard InChI is InChI=1S/C26H34F2O8S2/c1-6-21(31)36-26(22(32)37-13-35-38(5,33)34)14(2)9-16-17-11-19(27)18-10-15(29)7-8-23(18,3)25(17,28)20(30)12-24(16,26)4/h7-8,10,14,16-17,19-20,30H,6,9,11-13H2,1-5H3/t14-,16+,17+,19+,20+,23+,24+,25+,26+/m1/s1. The van der Waals surface area contributed by atoms with Crippen molar-refractivity contribution in [3.05, 3.63) is 23.8 Å². The van der Waals surface area contributed by atoms with E-state index in [1.165, 1.54) is 19.1 Å². The summed E-state index contributed by atoms with van der Waals surface area (Å²) in [6, 6.07) is 0. The highest BCUT2D eigenvalue weighted by Gasteiger charge is 2.78. The van der Waals surface area contributed by atoms with Crippen molar-refractivity contribution in [3.8, 4) is 0 Å². The lowest BCUT2D eigenvalue weighted by Crippen LogP contribution is -2.70. The number of ketones is 1. The van der Waals surface area contributed by atoms with Crippen LogP contribution < -0.4 is 0 Å². The molecule has 0 aliphatic heterocycles. The third-order valence-corrected chi connectivity index (χ3v) is 11.0. The molecule has 4 aliphatic carbocycles. The Morgan fingerprint density at radius 1 is 1.24 bits per heavy atom. The SMILES string of the molecule is CCC(=O)O[C@]1(C(=O)SCOS(C)(=O)=O)[C@H](C)C[C@H]2[C@@H]3C[C@H](F)C4=CC(=O)C=C[C@]4(C)[C@@]3(F)[C@@H](O)C[C@@]21C. The Kier molecular flexibility index (Phi) is 7.33. The Hall–Kier alpha value is -1.63. The van der Waals surface area contributed by atoms with Gasteiger partial charge in [-0.1, -0.05) is 38.6 Å². The van der Waals surface area contributed by atoms with Gasteiger partial charge in [-0.15, -0.1) is 0 Å². The number of esters is 1. The van der Waals surface area contributed by atoms with Gasteiger partial charge in [0.2, 0.25) is 5.12 Å². The van der Waals surface area contributed by atoms with E-state index in [9.17, 15) is 27.9 Å². The number of ether oxygens (including phenoxy) is 1. The minimum Gasteiger partial charge on any atom is -0.449 e. The Balaban J connectivity index is 1.81. The number of aliphatic hydroxyl groups excluding tert-OH is 1. The van der Waals surface area contributed by atoms with Gasteiger partial charge in [0.1, 0.15) is 12.1 Å². The zero-order valence-electron chi connectivity index (χ0n) is 22.0. The van der Waals surface area contributed by atoms with Crippen LogP contribution in [0.15, 0.2) is 23.8 Å². The number of hydrogen-bond acceptors (Lipinski definition) is 9. The van der Waals surface area contributed by atoms with Gasteiger partial charge < -0.3 is 9.84 Å². The molecule has 3 fully saturated rings. The molecule has 212 valence electrons. The molecule has 0 bridgehead atoms. The zero-order chi connectivity index (χ0) is 28.5. The van der Waals surface area contributed by atoms with E-state index in [2.05, 4.69) is 0 Å². The molecule has 38 heavy (non-hydrogen) atoms. The van der Waals surface area contributed by atoms with Gasteiger partial charge in [0.15, 0.2) is 17.1 Å². The fourth-order valence-corrected chi connectivity index (χ4v) is 9.43. The molecule has 0 aromatic rings. The summed E-state index contributed by atoms with van der Waals surface area (Å²) < 4.78 is 66.6. The van der Waals surface area contributed by atoms with Gasteiger partial charge in [0.25, 0.3) is 10.1 Å². The van der Waals surface area contributed by atoms with Crippen LogP contribution in [-0.2, 0) is 33.4 Å². The van der Waals surface area contributed by atoms with Crippen LogP contribution in [0.25, 0.3) is 0 Å². The van der Waals surface area contributed by atoms with E-state index in [4.69, 9.17) is 8.92 Å². The second-order valence-electron chi connectivity index (χ2n) is 11.4. The second kappa shape index (κ2) is 9.49. The van der Waals surface area contributed by atoms with Gasteiger partial charge >= 0.3 is 5.97 Å². The molecule has 8 nitrogen and oxygen atoms in total. The van der Waals surface area contributed by atoms with Crippen molar-refractivity contribution in [2.75, 3.05) is 12.2 Å². The van der Waals surface area contributed by atoms with Crippen LogP contribution in [0.3, 0.4) is 0 Å². The minimum atomic E-state index is -3.85. The van der Waals surface area contributed by atoms with Crippen molar-refractivity contribution in [2.24, 2.45) is 28.6 Å². The topological polar surface area (TPSA) is 124 Å². The van der Waals surface area contributed by atoms with Crippen molar-refractivity contribution >= 4 is 38.7 Å². The lowest BCUT2D eigenvalue weighted by atomic mass is 9.44. The van der Waals surface area contributed by atoms with Crippen LogP contribution in [0, 0.1) is 28.6 Å². The predicted molar refractivity (Wildman–Crippen MR) is 136 cm³/mol. The molecule has 0 spiro atoms. The molecule has 0 amide bonds. The van der Waals surface area contributed by atoms with Crippen LogP contribution in [0.1, 0.15) is 53.4 Å². The summed E-state index contributed by atoms with van der Waals surface area (Å²) in [5.74, 6) is -4.04. The number of alkyl halides is 2. The maximum atomic E-state index is 17.4. The van der Waals surface area contributed by atoms with Crippen LogP contribution in [0.2, 0.25) is 0 Å². The van der Waals surface area contributed by atoms with Crippen LogP contribution in [0.5, 0.6) is 0 Å². The first kappa shape index (κ1) is 29.4. The number of thioether (sulfide) groups is 1. The Morgan fingerprint density at radius 3 is 2.50 bits per heavy atom. The van der Waals surface area contributed by atoms with E-state index in [1.807, 2.05) is 0 Å². The molecular formula is C26H34F2O8S2. The number of carbonyl (C=O) groups excluding carboxylic acids is 3. The predicted octanol–water partition coefficient (Wildman–Crippen LogP) is 3.44. The van der Waals surface area contributed by atoms with E-state index in [0.29, 0.717) is 11.8 Å². The monoisotopic (exact) mass is 576 g/mol. The lowest BCUT2D eigenvalue weighted by molar-refractivity contribution is -0.228. The van der Waals surface area contributed by atoms with E-state index >= 15 is 8.78 Å². The number of hydrogen-bond donors (Lipinski definition) is 1. The summed E-state index contributed by atoms with van der Waals surface area (Å²) in [6.45, 7) is 6.39. The van der Waals surface area contributed by atoms with Gasteiger partial charge in [-0.3, -0.25) is 18.6 Å². The summed E-state index contributed by atoms with van der Waals surface area (Å²) >= 11 is 0.533. The average Bonchev–Trinajstić information content (AvgIpc) is 3.03. The fourth-order valence-electron chi connectivity index (χ4n) is 7.74. The van der Waals surface area contributed by atoms with E-state index in [0.717, 1.165) is 12.3 Å². The van der Waals surface area contributed by atoms with Crippen LogP contribution >= 0.6 is 11.8 Å². The average molecular weight is 577 g/mol. The molecule has 0 radical (unpaired) electrons. The maximum absolute atomic E-state index is 17.4. The minimum absolute atomic E-state index is 0.00863. The van der Waals surface area contributed by atoms with Crippen LogP contribution in [-0.4, -0.2) is 66.1 Å². The summed E-state index contributed by atoms with van der Waals surface area (Å²) in [7, 11) is -3.85. The number of carbonyl (C=O) groups is 3. The van der Waals surface area contributed by atoms with Gasteiger partial charge in [-0.2, -0.15) is 8.42 Å². The third-order valence-electron chi connectivity index (χ3n) is 9.49. The van der Waals surface area contributed by atoms with Crippen molar-refractivity contribution in [3.63, 3.8) is 0 Å². The zero-order valence-corrected chi connectivity index (χ0v) is 23.7. The summed E-state index contributed by atoms with van der Waals surface area (Å²) in [4.78, 5) is 38.5. The molecule has 3 saturated carbocycles. The molecular weight excluding hydrogens is 542 g/mol. The number of aliphatic hydroxyl groups is 1. The third kappa shape index (κ3) is 4.04. The molecule has 0 aromatic heterocycles. The number of halogens is 2. The van der Waals surface area contributed by atoms with Crippen molar-refractivity contribution in [2.45, 2.75) is 76.9 Å². The Labute approximate surface area is 225 Å². The Morgan fingerprint density at radius 2 is 1.89 bits per heavy atom. The van der Waals surface area contributed by atoms with Gasteiger partial charge in [-0.25, -0.2) is 8.78 Å². The molecule has 4 rings (SSSR count). The summed E-state index contributed by atoms with van der Waals surface area (Å²) in [5, 5.41) is 10.8. The molecule has 9 atom stereocenters. The number of fused-ring (bicyclic) bond motifs is 5. The smallest absolute Gasteiger partial charge is 0.306 e. The van der Waals surface area contributed by atoms with E-state index in [-0.39, 0.29) is 31.3 Å². The highest BCUT2D eigenvalue weighted by Crippen LogP contribution is 2.72. The van der Waals surface area contributed by atoms with Crippen molar-refractivity contribution in [1.82, 2.24) is 0 Å². The first-order valence-electron chi connectivity index (χ1n) is 12.7. The highest BCUT2D eigenvalue weighted by molar-refractivity contribution is 8.13. The maximum Gasteiger partial charge on any atom is 0.306 e. The van der Waals surface area contributed by atoms with Gasteiger partial charge in [0, 0.05) is 29.1 Å². The normalized spacial score (nSPS) is 44.1. The van der Waals surface area contributed by atoms with Crippen molar-refractivity contribution in [1.29, 1.82) is 0 Å².